The van der Waals surface area contributed by atoms with Crippen molar-refractivity contribution in [3.05, 3.63) is 0 Å². The molecule has 0 radical (unpaired) electrons. The fourth-order valence-electron chi connectivity index (χ4n) is 2.92. The number of fused-ring (bicyclic) bond motifs is 2. The second-order valence-electron chi connectivity index (χ2n) is 5.66. The Balaban J connectivity index is 1.80. The van der Waals surface area contributed by atoms with Crippen molar-refractivity contribution in [2.24, 2.45) is 17.3 Å². The number of nitrogens with zero attached hydrogens (tertiary/aromatic N) is 1. The van der Waals surface area contributed by atoms with E-state index in [1.165, 1.54) is 25.7 Å². The molecular formula is C12H20N2. The first-order chi connectivity index (χ1) is 6.61. The Morgan fingerprint density at radius 2 is 2.14 bits per heavy atom. The van der Waals surface area contributed by atoms with Gasteiger partial charge in [0.2, 0.25) is 0 Å². The molecule has 0 saturated heterocycles. The summed E-state index contributed by atoms with van der Waals surface area (Å²) in [7, 11) is 0. The molecule has 0 amide bonds. The molecule has 3 atom stereocenters. The molecular weight excluding hydrogens is 172 g/mol. The molecule has 2 heteroatoms. The van der Waals surface area contributed by atoms with E-state index in [1.54, 1.807) is 0 Å². The fraction of sp³-hybridized carbons (Fsp3) is 0.917. The minimum Gasteiger partial charge on any atom is -0.312 e. The van der Waals surface area contributed by atoms with Crippen LogP contribution in [0.15, 0.2) is 0 Å². The number of nitriles is 1. The highest BCUT2D eigenvalue weighted by Gasteiger charge is 2.39. The van der Waals surface area contributed by atoms with Crippen molar-refractivity contribution in [2.75, 3.05) is 6.54 Å². The van der Waals surface area contributed by atoms with Gasteiger partial charge in [-0.2, -0.15) is 5.26 Å². The largest absolute Gasteiger partial charge is 0.312 e. The summed E-state index contributed by atoms with van der Waals surface area (Å²) < 4.78 is 0. The first-order valence-corrected chi connectivity index (χ1v) is 5.75. The molecule has 0 spiro atoms. The molecule has 2 fully saturated rings. The number of hydrogen-bond donors (Lipinski definition) is 1. The van der Waals surface area contributed by atoms with Gasteiger partial charge in [-0.15, -0.1) is 0 Å². The summed E-state index contributed by atoms with van der Waals surface area (Å²) in [5.74, 6) is 1.90. The summed E-state index contributed by atoms with van der Waals surface area (Å²) in [6.07, 6.45) is 5.65. The molecule has 1 N–H and O–H groups in total. The van der Waals surface area contributed by atoms with Crippen LogP contribution in [-0.2, 0) is 0 Å². The van der Waals surface area contributed by atoms with Gasteiger partial charge in [0.25, 0.3) is 0 Å². The van der Waals surface area contributed by atoms with Gasteiger partial charge in [-0.1, -0.05) is 6.42 Å². The van der Waals surface area contributed by atoms with E-state index in [4.69, 9.17) is 5.26 Å². The average Bonchev–Trinajstić information content (AvgIpc) is 2.76. The van der Waals surface area contributed by atoms with Crippen molar-refractivity contribution in [3.63, 3.8) is 0 Å². The van der Waals surface area contributed by atoms with Crippen LogP contribution >= 0.6 is 0 Å². The van der Waals surface area contributed by atoms with Gasteiger partial charge >= 0.3 is 0 Å². The highest BCUT2D eigenvalue weighted by Crippen LogP contribution is 2.44. The molecule has 2 saturated carbocycles. The standard InChI is InChI=1S/C12H20N2/c1-12(2,7-13)8-14-11-6-9-3-4-10(11)5-9/h9-11,14H,3-6,8H2,1-2H3. The zero-order valence-electron chi connectivity index (χ0n) is 9.21. The maximum Gasteiger partial charge on any atom is 0.0697 e. The highest BCUT2D eigenvalue weighted by molar-refractivity contribution is 4.98. The molecule has 0 aromatic carbocycles. The third-order valence-corrected chi connectivity index (χ3v) is 3.85. The van der Waals surface area contributed by atoms with Gasteiger partial charge in [-0.3, -0.25) is 0 Å². The Morgan fingerprint density at radius 3 is 2.64 bits per heavy atom. The van der Waals surface area contributed by atoms with Gasteiger partial charge in [0.15, 0.2) is 0 Å². The van der Waals surface area contributed by atoms with Crippen LogP contribution in [-0.4, -0.2) is 12.6 Å². The number of hydrogen-bond acceptors (Lipinski definition) is 2. The second-order valence-corrected chi connectivity index (χ2v) is 5.66. The minimum absolute atomic E-state index is 0.207. The van der Waals surface area contributed by atoms with Crippen molar-refractivity contribution >= 4 is 0 Å². The van der Waals surface area contributed by atoms with Crippen LogP contribution < -0.4 is 5.32 Å². The fourth-order valence-corrected chi connectivity index (χ4v) is 2.92. The quantitative estimate of drug-likeness (QED) is 0.745. The van der Waals surface area contributed by atoms with Crippen molar-refractivity contribution in [1.82, 2.24) is 5.32 Å². The summed E-state index contributed by atoms with van der Waals surface area (Å²) in [5, 5.41) is 12.5. The summed E-state index contributed by atoms with van der Waals surface area (Å²) in [6, 6.07) is 3.06. The van der Waals surface area contributed by atoms with Gasteiger partial charge < -0.3 is 5.32 Å². The number of rotatable bonds is 3. The summed E-state index contributed by atoms with van der Waals surface area (Å²) >= 11 is 0. The van der Waals surface area contributed by atoms with E-state index in [0.717, 1.165) is 18.4 Å². The maximum absolute atomic E-state index is 8.91. The lowest BCUT2D eigenvalue weighted by Gasteiger charge is -2.26. The Bertz CT molecular complexity index is 252. The topological polar surface area (TPSA) is 35.8 Å². The average molecular weight is 192 g/mol. The summed E-state index contributed by atoms with van der Waals surface area (Å²) in [4.78, 5) is 0. The van der Waals surface area contributed by atoms with Gasteiger partial charge in [-0.25, -0.2) is 0 Å². The Labute approximate surface area is 86.7 Å². The SMILES string of the molecule is CC(C)(C#N)CNC1CC2CCC1C2. The lowest BCUT2D eigenvalue weighted by molar-refractivity contribution is 0.316. The van der Waals surface area contributed by atoms with Crippen molar-refractivity contribution in [1.29, 1.82) is 5.26 Å². The van der Waals surface area contributed by atoms with E-state index in [9.17, 15) is 0 Å². The molecule has 2 nitrogen and oxygen atoms in total. The zero-order valence-corrected chi connectivity index (χ0v) is 9.21. The van der Waals surface area contributed by atoms with Gasteiger partial charge in [0.05, 0.1) is 11.5 Å². The van der Waals surface area contributed by atoms with Crippen LogP contribution in [0, 0.1) is 28.6 Å². The zero-order chi connectivity index (χ0) is 10.2. The van der Waals surface area contributed by atoms with Crippen LogP contribution in [0.3, 0.4) is 0 Å². The minimum atomic E-state index is -0.207. The van der Waals surface area contributed by atoms with E-state index in [1.807, 2.05) is 13.8 Å². The van der Waals surface area contributed by atoms with Crippen LogP contribution in [0.5, 0.6) is 0 Å². The smallest absolute Gasteiger partial charge is 0.0697 e. The predicted molar refractivity (Wildman–Crippen MR) is 56.6 cm³/mol. The molecule has 2 bridgehead atoms. The van der Waals surface area contributed by atoms with Crippen molar-refractivity contribution < 1.29 is 0 Å². The number of nitrogens with one attached hydrogen (secondary N) is 1. The van der Waals surface area contributed by atoms with E-state index < -0.39 is 0 Å². The molecule has 0 aromatic heterocycles. The summed E-state index contributed by atoms with van der Waals surface area (Å²) in [5.41, 5.74) is -0.207. The maximum atomic E-state index is 8.91. The summed E-state index contributed by atoms with van der Waals surface area (Å²) in [6.45, 7) is 4.86. The molecule has 2 aliphatic carbocycles. The van der Waals surface area contributed by atoms with E-state index in [-0.39, 0.29) is 5.41 Å². The molecule has 3 unspecified atom stereocenters. The second kappa shape index (κ2) is 3.55. The van der Waals surface area contributed by atoms with E-state index in [2.05, 4.69) is 11.4 Å². The molecule has 14 heavy (non-hydrogen) atoms. The van der Waals surface area contributed by atoms with Crippen LogP contribution in [0.25, 0.3) is 0 Å². The van der Waals surface area contributed by atoms with Crippen LogP contribution in [0.4, 0.5) is 0 Å². The molecule has 2 aliphatic rings. The third kappa shape index (κ3) is 1.93. The third-order valence-electron chi connectivity index (χ3n) is 3.85. The molecule has 0 aromatic rings. The van der Waals surface area contributed by atoms with Gasteiger partial charge in [-0.05, 0) is 44.9 Å². The van der Waals surface area contributed by atoms with E-state index in [0.29, 0.717) is 6.04 Å². The lowest BCUT2D eigenvalue weighted by Crippen LogP contribution is -2.39. The normalized spacial score (nSPS) is 35.9. The Hall–Kier alpha value is -0.550. The molecule has 0 heterocycles. The van der Waals surface area contributed by atoms with Crippen LogP contribution in [0.2, 0.25) is 0 Å². The van der Waals surface area contributed by atoms with Gasteiger partial charge in [0.1, 0.15) is 0 Å². The first-order valence-electron chi connectivity index (χ1n) is 5.75. The first kappa shape index (κ1) is 9.98. The van der Waals surface area contributed by atoms with Crippen LogP contribution in [0.1, 0.15) is 39.5 Å². The van der Waals surface area contributed by atoms with Gasteiger partial charge in [0, 0.05) is 12.6 Å². The molecule has 0 aliphatic heterocycles. The molecule has 78 valence electrons. The van der Waals surface area contributed by atoms with Crippen molar-refractivity contribution in [3.8, 4) is 6.07 Å². The van der Waals surface area contributed by atoms with E-state index >= 15 is 0 Å². The molecule has 2 rings (SSSR count). The monoisotopic (exact) mass is 192 g/mol. The highest BCUT2D eigenvalue weighted by atomic mass is 14.9. The lowest BCUT2D eigenvalue weighted by atomic mass is 9.92. The predicted octanol–water partition coefficient (Wildman–Crippen LogP) is 2.31. The Kier molecular flexibility index (Phi) is 2.53. The Morgan fingerprint density at radius 1 is 1.36 bits per heavy atom. The van der Waals surface area contributed by atoms with Crippen molar-refractivity contribution in [2.45, 2.75) is 45.6 Å².